The minimum atomic E-state index is -0.340. The van der Waals surface area contributed by atoms with Crippen LogP contribution < -0.4 is 9.47 Å². The van der Waals surface area contributed by atoms with Gasteiger partial charge in [-0.1, -0.05) is 0 Å². The Morgan fingerprint density at radius 2 is 1.73 bits per heavy atom. The molecule has 0 saturated carbocycles. The summed E-state index contributed by atoms with van der Waals surface area (Å²) < 4.78 is 23.7. The third-order valence-electron chi connectivity index (χ3n) is 4.09. The first kappa shape index (κ1) is 13.1. The van der Waals surface area contributed by atoms with E-state index >= 15 is 0 Å². The van der Waals surface area contributed by atoms with Crippen molar-refractivity contribution in [2.75, 3.05) is 13.3 Å². The van der Waals surface area contributed by atoms with E-state index in [0.29, 0.717) is 18.7 Å². The zero-order valence-corrected chi connectivity index (χ0v) is 11.8. The van der Waals surface area contributed by atoms with Gasteiger partial charge < -0.3 is 14.4 Å². The van der Waals surface area contributed by atoms with Crippen molar-refractivity contribution in [3.8, 4) is 11.5 Å². The predicted octanol–water partition coefficient (Wildman–Crippen LogP) is 2.75. The van der Waals surface area contributed by atoms with Gasteiger partial charge in [0.2, 0.25) is 6.79 Å². The van der Waals surface area contributed by atoms with E-state index in [4.69, 9.17) is 9.47 Å². The molecule has 0 bridgehead atoms. The number of nitrogens with zero attached hydrogens (tertiary/aromatic N) is 1. The molecule has 1 amide bonds. The highest BCUT2D eigenvalue weighted by Gasteiger charge is 2.25. The van der Waals surface area contributed by atoms with Crippen molar-refractivity contribution in [2.45, 2.75) is 13.0 Å². The molecule has 2 aromatic carbocycles. The number of rotatable bonds is 1. The average molecular weight is 299 g/mol. The Bertz CT molecular complexity index is 742. The molecule has 22 heavy (non-hydrogen) atoms. The quantitative estimate of drug-likeness (QED) is 0.813. The van der Waals surface area contributed by atoms with Gasteiger partial charge in [0.05, 0.1) is 0 Å². The van der Waals surface area contributed by atoms with Crippen molar-refractivity contribution in [1.82, 2.24) is 4.90 Å². The molecule has 0 fully saturated rings. The molecule has 5 heteroatoms. The van der Waals surface area contributed by atoms with E-state index in [1.165, 1.54) is 29.8 Å². The summed E-state index contributed by atoms with van der Waals surface area (Å²) >= 11 is 0. The van der Waals surface area contributed by atoms with Crippen LogP contribution in [0.2, 0.25) is 0 Å². The maximum atomic E-state index is 13.0. The van der Waals surface area contributed by atoms with E-state index < -0.39 is 0 Å². The second kappa shape index (κ2) is 5.02. The van der Waals surface area contributed by atoms with Crippen molar-refractivity contribution >= 4 is 5.91 Å². The summed E-state index contributed by atoms with van der Waals surface area (Å²) in [5.74, 6) is 1.09. The molecular weight excluding hydrogens is 285 g/mol. The Morgan fingerprint density at radius 3 is 2.45 bits per heavy atom. The number of halogens is 1. The second-order valence-corrected chi connectivity index (χ2v) is 5.46. The smallest absolute Gasteiger partial charge is 0.254 e. The third kappa shape index (κ3) is 2.19. The summed E-state index contributed by atoms with van der Waals surface area (Å²) in [5, 5.41) is 0. The summed E-state index contributed by atoms with van der Waals surface area (Å²) in [6, 6.07) is 9.60. The number of amides is 1. The van der Waals surface area contributed by atoms with Crippen LogP contribution in [0.1, 0.15) is 21.5 Å². The number of carbonyl (C=O) groups excluding carboxylic acids is 1. The maximum absolute atomic E-state index is 13.0. The molecule has 0 aromatic heterocycles. The van der Waals surface area contributed by atoms with Crippen LogP contribution in [-0.4, -0.2) is 24.1 Å². The van der Waals surface area contributed by atoms with E-state index in [0.717, 1.165) is 23.5 Å². The summed E-state index contributed by atoms with van der Waals surface area (Å²) in [6.45, 7) is 1.42. The fraction of sp³-hybridized carbons (Fsp3) is 0.235. The molecule has 112 valence electrons. The van der Waals surface area contributed by atoms with Gasteiger partial charge in [0.1, 0.15) is 5.82 Å². The lowest BCUT2D eigenvalue weighted by molar-refractivity contribution is 0.0734. The predicted molar refractivity (Wildman–Crippen MR) is 77.4 cm³/mol. The molecule has 2 aliphatic rings. The number of ether oxygens (including phenoxy) is 2. The molecule has 0 saturated heterocycles. The van der Waals surface area contributed by atoms with Crippen LogP contribution in [0.15, 0.2) is 36.4 Å². The Hall–Kier alpha value is -2.56. The first-order chi connectivity index (χ1) is 10.7. The first-order valence-electron chi connectivity index (χ1n) is 7.17. The maximum Gasteiger partial charge on any atom is 0.254 e. The summed E-state index contributed by atoms with van der Waals surface area (Å²) in [4.78, 5) is 14.3. The van der Waals surface area contributed by atoms with Crippen LogP contribution in [0.4, 0.5) is 4.39 Å². The van der Waals surface area contributed by atoms with Crippen LogP contribution >= 0.6 is 0 Å². The molecule has 2 aromatic rings. The molecule has 4 rings (SSSR count). The lowest BCUT2D eigenvalue weighted by Crippen LogP contribution is -2.35. The van der Waals surface area contributed by atoms with Crippen molar-refractivity contribution in [1.29, 1.82) is 0 Å². The monoisotopic (exact) mass is 299 g/mol. The van der Waals surface area contributed by atoms with Gasteiger partial charge in [0.15, 0.2) is 11.5 Å². The lowest BCUT2D eigenvalue weighted by atomic mass is 9.98. The van der Waals surface area contributed by atoms with Gasteiger partial charge in [-0.15, -0.1) is 0 Å². The molecule has 2 heterocycles. The van der Waals surface area contributed by atoms with Crippen LogP contribution in [0, 0.1) is 5.82 Å². The van der Waals surface area contributed by atoms with Gasteiger partial charge in [0, 0.05) is 18.7 Å². The molecule has 0 atom stereocenters. The molecule has 0 unspecified atom stereocenters. The third-order valence-corrected chi connectivity index (χ3v) is 4.09. The summed E-state index contributed by atoms with van der Waals surface area (Å²) in [6.07, 6.45) is 0.777. The summed E-state index contributed by atoms with van der Waals surface area (Å²) in [5.41, 5.74) is 2.77. The summed E-state index contributed by atoms with van der Waals surface area (Å²) in [7, 11) is 0. The fourth-order valence-electron chi connectivity index (χ4n) is 2.89. The van der Waals surface area contributed by atoms with Crippen LogP contribution in [-0.2, 0) is 13.0 Å². The van der Waals surface area contributed by atoms with E-state index in [-0.39, 0.29) is 18.5 Å². The number of hydrogen-bond donors (Lipinski definition) is 0. The van der Waals surface area contributed by atoms with Gasteiger partial charge in [-0.3, -0.25) is 4.79 Å². The van der Waals surface area contributed by atoms with Crippen LogP contribution in [0.5, 0.6) is 11.5 Å². The first-order valence-corrected chi connectivity index (χ1v) is 7.17. The highest BCUT2D eigenvalue weighted by Crippen LogP contribution is 2.36. The number of benzene rings is 2. The Labute approximate surface area is 127 Å². The molecule has 4 nitrogen and oxygen atoms in total. The van der Waals surface area contributed by atoms with Gasteiger partial charge >= 0.3 is 0 Å². The van der Waals surface area contributed by atoms with Crippen molar-refractivity contribution in [3.05, 3.63) is 58.9 Å². The van der Waals surface area contributed by atoms with Crippen molar-refractivity contribution in [2.24, 2.45) is 0 Å². The highest BCUT2D eigenvalue weighted by molar-refractivity contribution is 5.94. The molecule has 0 spiro atoms. The zero-order chi connectivity index (χ0) is 15.1. The second-order valence-electron chi connectivity index (χ2n) is 5.46. The van der Waals surface area contributed by atoms with Crippen LogP contribution in [0.25, 0.3) is 0 Å². The standard InChI is InChI=1S/C17H14FNO3/c18-14-3-1-11(2-4-14)17(20)19-6-5-12-7-15-16(22-10-21-15)8-13(12)9-19/h1-4,7-8H,5-6,9-10H2. The van der Waals surface area contributed by atoms with E-state index in [2.05, 4.69) is 0 Å². The molecule has 0 radical (unpaired) electrons. The fourth-order valence-corrected chi connectivity index (χ4v) is 2.89. The highest BCUT2D eigenvalue weighted by atomic mass is 19.1. The number of carbonyl (C=O) groups is 1. The average Bonchev–Trinajstić information content (AvgIpc) is 2.99. The molecule has 0 N–H and O–H groups in total. The van der Waals surface area contributed by atoms with Crippen LogP contribution in [0.3, 0.4) is 0 Å². The number of fused-ring (bicyclic) bond motifs is 2. The Balaban J connectivity index is 1.59. The largest absolute Gasteiger partial charge is 0.454 e. The Kier molecular flexibility index (Phi) is 2.99. The van der Waals surface area contributed by atoms with Gasteiger partial charge in [-0.05, 0) is 53.9 Å². The normalized spacial score (nSPS) is 15.6. The van der Waals surface area contributed by atoms with Gasteiger partial charge in [0.25, 0.3) is 5.91 Å². The minimum absolute atomic E-state index is 0.0803. The van der Waals surface area contributed by atoms with Gasteiger partial charge in [-0.25, -0.2) is 4.39 Å². The topological polar surface area (TPSA) is 38.8 Å². The van der Waals surface area contributed by atoms with E-state index in [1.54, 1.807) is 4.90 Å². The van der Waals surface area contributed by atoms with Gasteiger partial charge in [-0.2, -0.15) is 0 Å². The van der Waals surface area contributed by atoms with Crippen molar-refractivity contribution < 1.29 is 18.7 Å². The zero-order valence-electron chi connectivity index (χ0n) is 11.8. The molecule has 0 aliphatic carbocycles. The number of hydrogen-bond acceptors (Lipinski definition) is 3. The minimum Gasteiger partial charge on any atom is -0.454 e. The Morgan fingerprint density at radius 1 is 1.05 bits per heavy atom. The van der Waals surface area contributed by atoms with Crippen molar-refractivity contribution in [3.63, 3.8) is 0 Å². The molecule has 2 aliphatic heterocycles. The SMILES string of the molecule is O=C(c1ccc(F)cc1)N1CCc2cc3c(cc2C1)OCO3. The van der Waals surface area contributed by atoms with E-state index in [1.807, 2.05) is 12.1 Å². The lowest BCUT2D eigenvalue weighted by Gasteiger charge is -2.29. The van der Waals surface area contributed by atoms with E-state index in [9.17, 15) is 9.18 Å². The molecular formula is C17H14FNO3.